The lowest BCUT2D eigenvalue weighted by Crippen LogP contribution is -2.43. The molecule has 1 amide bonds. The van der Waals surface area contributed by atoms with Crippen molar-refractivity contribution < 1.29 is 28.9 Å². The van der Waals surface area contributed by atoms with E-state index < -0.39 is 23.7 Å². The number of phenolic OH excluding ortho intramolecular Hbond substituents is 1. The van der Waals surface area contributed by atoms with Gasteiger partial charge in [0, 0.05) is 6.42 Å². The molecule has 8 nitrogen and oxygen atoms in total. The zero-order valence-electron chi connectivity index (χ0n) is 18.1. The molecule has 0 unspecified atom stereocenters. The van der Waals surface area contributed by atoms with E-state index in [9.17, 15) is 14.7 Å². The number of methoxy groups -OCH3 is 1. The monoisotopic (exact) mass is 484 g/mol. The van der Waals surface area contributed by atoms with Crippen molar-refractivity contribution in [2.75, 3.05) is 34.2 Å². The van der Waals surface area contributed by atoms with E-state index in [0.717, 1.165) is 12.1 Å². The van der Waals surface area contributed by atoms with Crippen molar-refractivity contribution in [2.45, 2.75) is 19.4 Å². The van der Waals surface area contributed by atoms with Crippen LogP contribution in [0.5, 0.6) is 11.5 Å². The summed E-state index contributed by atoms with van der Waals surface area (Å²) in [7, 11) is 3.10. The molecule has 1 atom stereocenters. The number of hydrogen-bond donors (Lipinski definition) is 2. The summed E-state index contributed by atoms with van der Waals surface area (Å²) in [4.78, 5) is 26.9. The Kier molecular flexibility index (Phi) is 10.1. The van der Waals surface area contributed by atoms with Crippen LogP contribution in [-0.2, 0) is 20.7 Å². The Bertz CT molecular complexity index is 926. The lowest BCUT2D eigenvalue weighted by atomic mass is 10.1. The first-order chi connectivity index (χ1) is 15.3. The Labute approximate surface area is 197 Å². The van der Waals surface area contributed by atoms with Crippen LogP contribution in [-0.4, -0.2) is 62.2 Å². The molecule has 32 heavy (non-hydrogen) atoms. The van der Waals surface area contributed by atoms with Gasteiger partial charge in [0.2, 0.25) is 0 Å². The van der Waals surface area contributed by atoms with Gasteiger partial charge in [0.1, 0.15) is 17.8 Å². The number of aromatic hydroxyl groups is 1. The van der Waals surface area contributed by atoms with Crippen LogP contribution in [0.1, 0.15) is 22.8 Å². The molecule has 0 aliphatic heterocycles. The van der Waals surface area contributed by atoms with Gasteiger partial charge in [-0.05, 0) is 25.2 Å². The molecule has 0 aliphatic rings. The van der Waals surface area contributed by atoms with E-state index >= 15 is 0 Å². The van der Waals surface area contributed by atoms with Gasteiger partial charge in [-0.2, -0.15) is 0 Å². The van der Waals surface area contributed by atoms with Gasteiger partial charge in [0.05, 0.1) is 17.7 Å². The summed E-state index contributed by atoms with van der Waals surface area (Å²) in [6.45, 7) is 2.94. The smallest absolute Gasteiger partial charge is 0.328 e. The van der Waals surface area contributed by atoms with Crippen molar-refractivity contribution in [3.8, 4) is 11.5 Å². The summed E-state index contributed by atoms with van der Waals surface area (Å²) in [6, 6.07) is 9.35. The molecule has 0 spiro atoms. The first kappa shape index (κ1) is 25.7. The van der Waals surface area contributed by atoms with E-state index in [1.54, 1.807) is 0 Å². The molecule has 0 fully saturated rings. The van der Waals surface area contributed by atoms with Gasteiger partial charge in [-0.15, -0.1) is 0 Å². The van der Waals surface area contributed by atoms with Crippen LogP contribution in [0, 0.1) is 0 Å². The Morgan fingerprint density at radius 2 is 1.91 bits per heavy atom. The predicted octanol–water partition coefficient (Wildman–Crippen LogP) is 3.48. The predicted molar refractivity (Wildman–Crippen MR) is 121 cm³/mol. The number of benzene rings is 2. The number of rotatable bonds is 11. The van der Waals surface area contributed by atoms with Gasteiger partial charge in [-0.1, -0.05) is 60.5 Å². The van der Waals surface area contributed by atoms with Gasteiger partial charge in [-0.3, -0.25) is 9.69 Å². The quantitative estimate of drug-likeness (QED) is 0.286. The van der Waals surface area contributed by atoms with Crippen molar-refractivity contribution in [1.29, 1.82) is 0 Å². The molecule has 10 heteroatoms. The molecular formula is C22H26Cl2N2O6. The SMILES string of the molecule is CCN(C)COCOc1c(Cl)cc(C(=O)N[C@@H](Cc2ccccc2)C(=O)OC)c(O)c1Cl. The molecule has 2 N–H and O–H groups in total. The van der Waals surface area contributed by atoms with Gasteiger partial charge in [0.25, 0.3) is 5.91 Å². The molecule has 0 bridgehead atoms. The van der Waals surface area contributed by atoms with E-state index in [1.165, 1.54) is 13.2 Å². The fraction of sp³-hybridized carbons (Fsp3) is 0.364. The zero-order valence-corrected chi connectivity index (χ0v) is 19.6. The number of hydrogen-bond acceptors (Lipinski definition) is 7. The Morgan fingerprint density at radius 1 is 1.22 bits per heavy atom. The number of carbonyl (C=O) groups is 2. The highest BCUT2D eigenvalue weighted by Gasteiger charge is 2.26. The third-order valence-electron chi connectivity index (χ3n) is 4.61. The van der Waals surface area contributed by atoms with Gasteiger partial charge >= 0.3 is 5.97 Å². The highest BCUT2D eigenvalue weighted by atomic mass is 35.5. The maximum absolute atomic E-state index is 12.8. The third-order valence-corrected chi connectivity index (χ3v) is 5.24. The second-order valence-electron chi connectivity index (χ2n) is 6.90. The van der Waals surface area contributed by atoms with Crippen LogP contribution in [0.15, 0.2) is 36.4 Å². The second kappa shape index (κ2) is 12.5. The van der Waals surface area contributed by atoms with E-state index in [1.807, 2.05) is 49.2 Å². The molecule has 174 valence electrons. The summed E-state index contributed by atoms with van der Waals surface area (Å²) in [5.74, 6) is -1.93. The van der Waals surface area contributed by atoms with Crippen molar-refractivity contribution >= 4 is 35.1 Å². The summed E-state index contributed by atoms with van der Waals surface area (Å²) in [5.41, 5.74) is 0.613. The molecule has 0 saturated heterocycles. The Morgan fingerprint density at radius 3 is 2.53 bits per heavy atom. The van der Waals surface area contributed by atoms with E-state index in [4.69, 9.17) is 37.4 Å². The highest BCUT2D eigenvalue weighted by molar-refractivity contribution is 6.39. The van der Waals surface area contributed by atoms with Crippen LogP contribution in [0.2, 0.25) is 10.0 Å². The fourth-order valence-corrected chi connectivity index (χ4v) is 3.27. The van der Waals surface area contributed by atoms with Gasteiger partial charge in [-0.25, -0.2) is 4.79 Å². The van der Waals surface area contributed by atoms with Gasteiger partial charge in [0.15, 0.2) is 18.3 Å². The van der Waals surface area contributed by atoms with Crippen molar-refractivity contribution in [3.63, 3.8) is 0 Å². The van der Waals surface area contributed by atoms with Gasteiger partial charge < -0.3 is 24.6 Å². The Balaban J connectivity index is 2.15. The number of nitrogens with one attached hydrogen (secondary N) is 1. The zero-order chi connectivity index (χ0) is 23.7. The lowest BCUT2D eigenvalue weighted by molar-refractivity contribution is -0.142. The van der Waals surface area contributed by atoms with Crippen LogP contribution in [0.25, 0.3) is 0 Å². The number of halogens is 2. The summed E-state index contributed by atoms with van der Waals surface area (Å²) < 4.78 is 15.5. The molecule has 0 heterocycles. The van der Waals surface area contributed by atoms with E-state index in [2.05, 4.69) is 5.32 Å². The minimum Gasteiger partial charge on any atom is -0.505 e. The van der Waals surface area contributed by atoms with Crippen molar-refractivity contribution in [3.05, 3.63) is 57.6 Å². The number of carbonyl (C=O) groups excluding carboxylic acids is 2. The fourth-order valence-electron chi connectivity index (χ4n) is 2.70. The molecule has 0 saturated carbocycles. The minimum absolute atomic E-state index is 0.00285. The largest absolute Gasteiger partial charge is 0.505 e. The standard InChI is InChI=1S/C22H26Cl2N2O6/c1-4-26(2)12-31-13-32-20-16(23)11-15(19(27)18(20)24)21(28)25-17(22(29)30-3)10-14-8-6-5-7-9-14/h5-9,11,17,27H,4,10,12-13H2,1-3H3,(H,25,28)/t17-/m0/s1. The van der Waals surface area contributed by atoms with Crippen molar-refractivity contribution in [2.24, 2.45) is 0 Å². The van der Waals surface area contributed by atoms with E-state index in [0.29, 0.717) is 6.73 Å². The average Bonchev–Trinajstić information content (AvgIpc) is 2.80. The number of phenols is 1. The highest BCUT2D eigenvalue weighted by Crippen LogP contribution is 2.42. The first-order valence-electron chi connectivity index (χ1n) is 9.81. The second-order valence-corrected chi connectivity index (χ2v) is 7.69. The van der Waals surface area contributed by atoms with E-state index in [-0.39, 0.29) is 34.6 Å². The minimum atomic E-state index is -0.980. The summed E-state index contributed by atoms with van der Waals surface area (Å²) in [5, 5.41) is 12.8. The summed E-state index contributed by atoms with van der Waals surface area (Å²) >= 11 is 12.4. The molecule has 0 radical (unpaired) electrons. The van der Waals surface area contributed by atoms with Crippen LogP contribution >= 0.6 is 23.2 Å². The first-order valence-corrected chi connectivity index (χ1v) is 10.6. The normalized spacial score (nSPS) is 11.8. The number of esters is 1. The summed E-state index contributed by atoms with van der Waals surface area (Å²) in [6.07, 6.45) is 0.201. The molecule has 2 aromatic carbocycles. The van der Waals surface area contributed by atoms with Crippen LogP contribution in [0.4, 0.5) is 0 Å². The molecular weight excluding hydrogens is 459 g/mol. The average molecular weight is 485 g/mol. The van der Waals surface area contributed by atoms with Crippen LogP contribution in [0.3, 0.4) is 0 Å². The molecule has 0 aromatic heterocycles. The Hall–Kier alpha value is -2.52. The van der Waals surface area contributed by atoms with Crippen molar-refractivity contribution in [1.82, 2.24) is 10.2 Å². The molecule has 2 aromatic rings. The maximum Gasteiger partial charge on any atom is 0.328 e. The third kappa shape index (κ3) is 7.00. The lowest BCUT2D eigenvalue weighted by Gasteiger charge is -2.19. The molecule has 0 aliphatic carbocycles. The number of nitrogens with zero attached hydrogens (tertiary/aromatic N) is 1. The molecule has 2 rings (SSSR count). The number of ether oxygens (including phenoxy) is 3. The topological polar surface area (TPSA) is 97.3 Å². The maximum atomic E-state index is 12.8. The number of amides is 1. The van der Waals surface area contributed by atoms with Crippen LogP contribution < -0.4 is 10.1 Å².